The van der Waals surface area contributed by atoms with E-state index >= 15 is 0 Å². The third-order valence-electron chi connectivity index (χ3n) is 13.4. The lowest BCUT2D eigenvalue weighted by molar-refractivity contribution is -0.135. The molecule has 0 aliphatic carbocycles. The highest BCUT2D eigenvalue weighted by molar-refractivity contribution is 6.00. The van der Waals surface area contributed by atoms with Crippen molar-refractivity contribution in [3.05, 3.63) is 70.4 Å². The molecule has 0 bridgehead atoms. The Balaban J connectivity index is 0.784. The maximum absolute atomic E-state index is 13.3. The molecule has 0 saturated carbocycles. The molecule has 17 heteroatoms. The smallest absolute Gasteiger partial charge is 0.329 e. The second kappa shape index (κ2) is 16.2. The largest absolute Gasteiger partial charge is 0.371 e. The maximum Gasteiger partial charge on any atom is 0.329 e. The Labute approximate surface area is 348 Å². The van der Waals surface area contributed by atoms with E-state index in [4.69, 9.17) is 10.7 Å². The van der Waals surface area contributed by atoms with Crippen LogP contribution in [-0.4, -0.2) is 130 Å². The second-order valence-electron chi connectivity index (χ2n) is 17.2. The summed E-state index contributed by atoms with van der Waals surface area (Å²) < 4.78 is 3.13. The molecule has 4 N–H and O–H groups in total. The van der Waals surface area contributed by atoms with E-state index in [9.17, 15) is 24.0 Å². The fourth-order valence-electron chi connectivity index (χ4n) is 10.0. The van der Waals surface area contributed by atoms with Gasteiger partial charge in [-0.1, -0.05) is 12.1 Å². The number of hydrogen-bond acceptors (Lipinski definition) is 11. The van der Waals surface area contributed by atoms with Gasteiger partial charge in [-0.3, -0.25) is 28.8 Å². The zero-order valence-corrected chi connectivity index (χ0v) is 34.4. The van der Waals surface area contributed by atoms with Crippen LogP contribution in [0.25, 0.3) is 11.0 Å². The monoisotopic (exact) mass is 818 g/mol. The first-order valence-corrected chi connectivity index (χ1v) is 21.3. The number of carbonyl (C=O) groups is 4. The quantitative estimate of drug-likeness (QED) is 0.200. The molecule has 316 valence electrons. The fourth-order valence-corrected chi connectivity index (χ4v) is 10.0. The number of fused-ring (bicyclic) bond motifs is 1. The highest BCUT2D eigenvalue weighted by atomic mass is 16.2. The lowest BCUT2D eigenvalue weighted by Crippen LogP contribution is -2.49. The standard InChI is InChI=1S/C43H54N12O5/c1-49-20-21-54(42(49)59)32-4-3-16-53(26-32)36-23-45-38(39(44)57)40(47-36)46-30-7-5-28(6-8-30)29-14-17-51(18-15-29)24-27-13-19-52(25-27)31-9-10-33-35(22-31)50(2)43(60)55(33)34-11-12-37(56)48-41(34)58/h5-10,22-23,27,29,32,34H,3-4,11-21,24-26H2,1-2H3,(H2,44,57)(H,46,47)(H,48,56,58)/t27-,32+,34+/m0/s1. The molecule has 5 fully saturated rings. The van der Waals surface area contributed by atoms with Crippen molar-refractivity contribution in [2.24, 2.45) is 18.7 Å². The van der Waals surface area contributed by atoms with Crippen LogP contribution in [-0.2, 0) is 16.6 Å². The second-order valence-corrected chi connectivity index (χ2v) is 17.2. The number of likely N-dealkylation sites (N-methyl/N-ethyl adjacent to an activating group) is 1. The molecule has 0 radical (unpaired) electrons. The van der Waals surface area contributed by atoms with Gasteiger partial charge in [0, 0.05) is 77.7 Å². The molecule has 5 saturated heterocycles. The van der Waals surface area contributed by atoms with E-state index in [-0.39, 0.29) is 35.8 Å². The number of amides is 5. The Morgan fingerprint density at radius 2 is 1.67 bits per heavy atom. The SMILES string of the molecule is CN1CCN([C@@H]2CCCN(c3cnc(C(N)=O)c(Nc4ccc(C5CCN(C[C@@H]6CCN(c7ccc8c(c7)n(C)c(=O)n8[C@@H]7CCC(=O)NC7=O)C6)CC5)cc4)n3)C2)C1=O. The van der Waals surface area contributed by atoms with Gasteiger partial charge in [-0.2, -0.15) is 0 Å². The number of nitrogens with one attached hydrogen (secondary N) is 2. The lowest BCUT2D eigenvalue weighted by Gasteiger charge is -2.37. The fraction of sp³-hybridized carbons (Fsp3) is 0.512. The molecule has 17 nitrogen and oxygen atoms in total. The molecule has 5 aliphatic heterocycles. The number of likely N-dealkylation sites (tertiary alicyclic amines) is 1. The van der Waals surface area contributed by atoms with Crippen molar-refractivity contribution in [2.45, 2.75) is 62.9 Å². The van der Waals surface area contributed by atoms with E-state index < -0.39 is 17.9 Å². The molecule has 5 amide bonds. The average molecular weight is 819 g/mol. The summed E-state index contributed by atoms with van der Waals surface area (Å²) in [6.45, 7) is 7.92. The minimum atomic E-state index is -0.693. The molecule has 60 heavy (non-hydrogen) atoms. The number of rotatable bonds is 10. The zero-order valence-electron chi connectivity index (χ0n) is 34.4. The Morgan fingerprint density at radius 3 is 2.40 bits per heavy atom. The number of imide groups is 1. The normalized spacial score (nSPS) is 23.2. The van der Waals surface area contributed by atoms with Crippen LogP contribution in [0.5, 0.6) is 0 Å². The van der Waals surface area contributed by atoms with E-state index in [1.807, 2.05) is 36.2 Å². The Kier molecular flexibility index (Phi) is 10.7. The molecule has 2 aromatic carbocycles. The number of imidazole rings is 1. The number of hydrogen-bond donors (Lipinski definition) is 3. The molecule has 4 aromatic rings. The number of carbonyl (C=O) groups excluding carboxylic acids is 4. The van der Waals surface area contributed by atoms with E-state index in [1.165, 1.54) is 10.1 Å². The van der Waals surface area contributed by atoms with Crippen LogP contribution >= 0.6 is 0 Å². The first-order valence-electron chi connectivity index (χ1n) is 21.3. The van der Waals surface area contributed by atoms with Gasteiger partial charge in [0.1, 0.15) is 11.9 Å². The number of primary amides is 1. The van der Waals surface area contributed by atoms with Crippen LogP contribution in [0, 0.1) is 5.92 Å². The summed E-state index contributed by atoms with van der Waals surface area (Å²) in [5.74, 6) is 0.591. The number of benzene rings is 2. The van der Waals surface area contributed by atoms with Crippen LogP contribution in [0.4, 0.5) is 27.8 Å². The predicted octanol–water partition coefficient (Wildman–Crippen LogP) is 2.99. The third kappa shape index (κ3) is 7.66. The van der Waals surface area contributed by atoms with Crippen LogP contribution in [0.15, 0.2) is 53.5 Å². The molecule has 0 unspecified atom stereocenters. The van der Waals surface area contributed by atoms with Crippen LogP contribution in [0.1, 0.15) is 73.0 Å². The Hall–Kier alpha value is -5.97. The molecular weight excluding hydrogens is 765 g/mol. The molecule has 3 atom stereocenters. The number of nitrogens with zero attached hydrogens (tertiary/aromatic N) is 9. The predicted molar refractivity (Wildman–Crippen MR) is 228 cm³/mol. The van der Waals surface area contributed by atoms with E-state index in [2.05, 4.69) is 48.5 Å². The van der Waals surface area contributed by atoms with Gasteiger partial charge in [-0.05, 0) is 99.3 Å². The van der Waals surface area contributed by atoms with Gasteiger partial charge < -0.3 is 35.6 Å². The molecule has 9 rings (SSSR count). The van der Waals surface area contributed by atoms with Gasteiger partial charge in [-0.15, -0.1) is 0 Å². The van der Waals surface area contributed by atoms with Gasteiger partial charge in [-0.25, -0.2) is 19.6 Å². The third-order valence-corrected chi connectivity index (χ3v) is 13.4. The summed E-state index contributed by atoms with van der Waals surface area (Å²) in [6.07, 6.45) is 7.25. The van der Waals surface area contributed by atoms with Gasteiger partial charge in [0.2, 0.25) is 11.8 Å². The van der Waals surface area contributed by atoms with Crippen molar-refractivity contribution < 1.29 is 19.2 Å². The number of piperidine rings is 3. The molecule has 7 heterocycles. The first-order chi connectivity index (χ1) is 29.0. The van der Waals surface area contributed by atoms with Crippen molar-refractivity contribution in [1.29, 1.82) is 0 Å². The van der Waals surface area contributed by atoms with Crippen molar-refractivity contribution in [1.82, 2.24) is 39.1 Å². The van der Waals surface area contributed by atoms with E-state index in [1.54, 1.807) is 22.7 Å². The number of aromatic nitrogens is 4. The topological polar surface area (TPSA) is 187 Å². The highest BCUT2D eigenvalue weighted by Crippen LogP contribution is 2.33. The molecule has 5 aliphatic rings. The summed E-state index contributed by atoms with van der Waals surface area (Å²) in [7, 11) is 3.57. The Morgan fingerprint density at radius 1 is 0.867 bits per heavy atom. The van der Waals surface area contributed by atoms with Crippen LogP contribution in [0.2, 0.25) is 0 Å². The van der Waals surface area contributed by atoms with Crippen molar-refractivity contribution in [3.8, 4) is 0 Å². The van der Waals surface area contributed by atoms with Gasteiger partial charge in [0.15, 0.2) is 11.5 Å². The van der Waals surface area contributed by atoms with Crippen molar-refractivity contribution in [3.63, 3.8) is 0 Å². The number of anilines is 4. The Bertz CT molecular complexity index is 2370. The number of nitrogens with two attached hydrogens (primary N) is 1. The zero-order chi connectivity index (χ0) is 41.7. The first kappa shape index (κ1) is 39.5. The van der Waals surface area contributed by atoms with Gasteiger partial charge in [0.05, 0.1) is 23.3 Å². The molecule has 2 aromatic heterocycles. The highest BCUT2D eigenvalue weighted by Gasteiger charge is 2.36. The lowest BCUT2D eigenvalue weighted by atomic mass is 9.89. The minimum Gasteiger partial charge on any atom is -0.371 e. The number of aryl methyl sites for hydroxylation is 1. The van der Waals surface area contributed by atoms with Crippen LogP contribution < -0.4 is 31.9 Å². The summed E-state index contributed by atoms with van der Waals surface area (Å²) in [5, 5.41) is 5.69. The van der Waals surface area contributed by atoms with Gasteiger partial charge in [0.25, 0.3) is 5.91 Å². The van der Waals surface area contributed by atoms with Gasteiger partial charge >= 0.3 is 11.7 Å². The summed E-state index contributed by atoms with van der Waals surface area (Å²) >= 11 is 0. The van der Waals surface area contributed by atoms with Crippen LogP contribution in [0.3, 0.4) is 0 Å². The van der Waals surface area contributed by atoms with E-state index in [0.717, 1.165) is 101 Å². The summed E-state index contributed by atoms with van der Waals surface area (Å²) in [5.41, 5.74) is 10.2. The summed E-state index contributed by atoms with van der Waals surface area (Å²) in [4.78, 5) is 82.8. The summed E-state index contributed by atoms with van der Waals surface area (Å²) in [6, 6.07) is 13.9. The van der Waals surface area contributed by atoms with Crippen molar-refractivity contribution in [2.75, 3.05) is 81.1 Å². The average Bonchev–Trinajstić information content (AvgIpc) is 3.93. The molecule has 0 spiro atoms. The number of urea groups is 1. The minimum absolute atomic E-state index is 0.0664. The van der Waals surface area contributed by atoms with E-state index in [0.29, 0.717) is 42.0 Å². The molecular formula is C43H54N12O5. The maximum atomic E-state index is 13.3. The van der Waals surface area contributed by atoms with Crippen molar-refractivity contribution >= 4 is 57.8 Å².